The number of nitro groups is 1. The number of nitro benzene ring substituents is 1. The van der Waals surface area contributed by atoms with Crippen LogP contribution in [-0.2, 0) is 4.79 Å². The Bertz CT molecular complexity index is 932. The molecular weight excluding hydrogens is 432 g/mol. The van der Waals surface area contributed by atoms with E-state index >= 15 is 0 Å². The topological polar surface area (TPSA) is 123 Å². The number of methoxy groups -OCH3 is 1. The zero-order valence-corrected chi connectivity index (χ0v) is 16.4. The van der Waals surface area contributed by atoms with E-state index in [0.29, 0.717) is 15.6 Å². The Hall–Kier alpha value is -3.40. The number of hydrogen-bond acceptors (Lipinski definition) is 6. The fraction of sp³-hybridized carbons (Fsp3) is 0.111. The summed E-state index contributed by atoms with van der Waals surface area (Å²) >= 11 is 3.26. The summed E-state index contributed by atoms with van der Waals surface area (Å²) in [7, 11) is 1.33. The number of nitrogens with zero attached hydrogens (tertiary/aromatic N) is 1. The molecule has 0 spiro atoms. The van der Waals surface area contributed by atoms with Gasteiger partial charge in [-0.2, -0.15) is 0 Å². The minimum atomic E-state index is -0.578. The SMILES string of the molecule is C=C(NNC(=O)CNC(=O)c1ccccc1Br)c1ccc(OC)c([N+](=O)[O-])c1. The molecule has 0 unspecified atom stereocenters. The highest BCUT2D eigenvalue weighted by atomic mass is 79.9. The maximum absolute atomic E-state index is 12.1. The van der Waals surface area contributed by atoms with Gasteiger partial charge in [-0.3, -0.25) is 30.6 Å². The minimum absolute atomic E-state index is 0.111. The summed E-state index contributed by atoms with van der Waals surface area (Å²) in [5.74, 6) is -0.822. The Morgan fingerprint density at radius 2 is 1.93 bits per heavy atom. The molecule has 0 saturated heterocycles. The lowest BCUT2D eigenvalue weighted by Gasteiger charge is -2.12. The van der Waals surface area contributed by atoms with E-state index < -0.39 is 16.7 Å². The van der Waals surface area contributed by atoms with E-state index in [2.05, 4.69) is 38.7 Å². The van der Waals surface area contributed by atoms with Crippen LogP contribution in [0.15, 0.2) is 53.5 Å². The first kappa shape index (κ1) is 20.9. The molecule has 0 aliphatic carbocycles. The molecule has 0 aliphatic heterocycles. The second-order valence-corrected chi connectivity index (χ2v) is 6.31. The van der Waals surface area contributed by atoms with Crippen LogP contribution in [0.3, 0.4) is 0 Å². The number of carbonyl (C=O) groups excluding carboxylic acids is 2. The molecule has 2 aromatic carbocycles. The fourth-order valence-electron chi connectivity index (χ4n) is 2.18. The molecule has 146 valence electrons. The maximum atomic E-state index is 12.1. The summed E-state index contributed by atoms with van der Waals surface area (Å²) in [5, 5.41) is 13.6. The van der Waals surface area contributed by atoms with Crippen molar-refractivity contribution in [2.45, 2.75) is 0 Å². The average Bonchev–Trinajstić information content (AvgIpc) is 2.69. The van der Waals surface area contributed by atoms with Crippen LogP contribution in [0, 0.1) is 10.1 Å². The molecule has 0 aliphatic rings. The van der Waals surface area contributed by atoms with Crippen molar-refractivity contribution in [3.8, 4) is 5.75 Å². The van der Waals surface area contributed by atoms with Crippen LogP contribution >= 0.6 is 15.9 Å². The van der Waals surface area contributed by atoms with Gasteiger partial charge >= 0.3 is 5.69 Å². The Morgan fingerprint density at radius 1 is 1.21 bits per heavy atom. The number of hydrazine groups is 1. The van der Waals surface area contributed by atoms with Gasteiger partial charge in [0.05, 0.1) is 29.8 Å². The summed E-state index contributed by atoms with van der Waals surface area (Å²) in [6.45, 7) is 3.45. The Morgan fingerprint density at radius 3 is 2.57 bits per heavy atom. The molecule has 3 N–H and O–H groups in total. The van der Waals surface area contributed by atoms with Crippen LogP contribution in [0.1, 0.15) is 15.9 Å². The molecule has 2 aromatic rings. The van der Waals surface area contributed by atoms with E-state index in [4.69, 9.17) is 4.74 Å². The van der Waals surface area contributed by atoms with Crippen molar-refractivity contribution >= 4 is 39.1 Å². The van der Waals surface area contributed by atoms with Gasteiger partial charge in [0.25, 0.3) is 11.8 Å². The van der Waals surface area contributed by atoms with E-state index in [1.807, 2.05) is 0 Å². The highest BCUT2D eigenvalue weighted by Gasteiger charge is 2.16. The molecule has 0 atom stereocenters. The monoisotopic (exact) mass is 448 g/mol. The van der Waals surface area contributed by atoms with Crippen molar-refractivity contribution < 1.29 is 19.2 Å². The van der Waals surface area contributed by atoms with Crippen LogP contribution in [0.5, 0.6) is 5.75 Å². The van der Waals surface area contributed by atoms with Crippen molar-refractivity contribution in [2.24, 2.45) is 0 Å². The average molecular weight is 449 g/mol. The van der Waals surface area contributed by atoms with Crippen LogP contribution < -0.4 is 20.9 Å². The number of benzene rings is 2. The molecule has 2 amide bonds. The lowest BCUT2D eigenvalue weighted by atomic mass is 10.1. The van der Waals surface area contributed by atoms with Crippen LogP contribution in [-0.4, -0.2) is 30.4 Å². The van der Waals surface area contributed by atoms with E-state index in [9.17, 15) is 19.7 Å². The van der Waals surface area contributed by atoms with E-state index in [0.717, 1.165) is 0 Å². The third-order valence-corrected chi connectivity index (χ3v) is 4.30. The van der Waals surface area contributed by atoms with Gasteiger partial charge in [0.2, 0.25) is 0 Å². The molecule has 0 bridgehead atoms. The molecule has 0 radical (unpaired) electrons. The Kier molecular flexibility index (Phi) is 7.10. The lowest BCUT2D eigenvalue weighted by Crippen LogP contribution is -2.42. The van der Waals surface area contributed by atoms with E-state index in [1.165, 1.54) is 19.2 Å². The fourth-order valence-corrected chi connectivity index (χ4v) is 2.65. The van der Waals surface area contributed by atoms with Gasteiger partial charge in [0.1, 0.15) is 0 Å². The lowest BCUT2D eigenvalue weighted by molar-refractivity contribution is -0.385. The van der Waals surface area contributed by atoms with Gasteiger partial charge in [-0.15, -0.1) is 0 Å². The summed E-state index contributed by atoms with van der Waals surface area (Å²) in [5.41, 5.74) is 5.72. The van der Waals surface area contributed by atoms with Gasteiger partial charge in [0, 0.05) is 16.1 Å². The third kappa shape index (κ3) is 5.30. The van der Waals surface area contributed by atoms with E-state index in [-0.39, 0.29) is 23.7 Å². The molecule has 0 heterocycles. The van der Waals surface area contributed by atoms with Gasteiger partial charge in [-0.25, -0.2) is 0 Å². The number of rotatable bonds is 8. The number of hydrogen-bond donors (Lipinski definition) is 3. The molecule has 2 rings (SSSR count). The van der Waals surface area contributed by atoms with Gasteiger partial charge < -0.3 is 10.1 Å². The second kappa shape index (κ2) is 9.51. The molecule has 0 fully saturated rings. The highest BCUT2D eigenvalue weighted by Crippen LogP contribution is 2.29. The highest BCUT2D eigenvalue weighted by molar-refractivity contribution is 9.10. The Balaban J connectivity index is 1.90. The summed E-state index contributed by atoms with van der Waals surface area (Å²) < 4.78 is 5.55. The first-order chi connectivity index (χ1) is 13.3. The zero-order valence-electron chi connectivity index (χ0n) is 14.8. The van der Waals surface area contributed by atoms with Crippen molar-refractivity contribution in [2.75, 3.05) is 13.7 Å². The third-order valence-electron chi connectivity index (χ3n) is 3.60. The maximum Gasteiger partial charge on any atom is 0.311 e. The number of ether oxygens (including phenoxy) is 1. The van der Waals surface area contributed by atoms with Crippen molar-refractivity contribution in [3.63, 3.8) is 0 Å². The standard InChI is InChI=1S/C18H17BrN4O5/c1-11(12-7-8-16(28-2)15(9-12)23(26)27)21-22-17(24)10-20-18(25)13-5-3-4-6-14(13)19/h3-9,21H,1,10H2,2H3,(H,20,25)(H,22,24). The summed E-state index contributed by atoms with van der Waals surface area (Å²) in [6.07, 6.45) is 0. The van der Waals surface area contributed by atoms with Crippen molar-refractivity contribution in [1.82, 2.24) is 16.2 Å². The quantitative estimate of drug-likeness (QED) is 0.420. The number of carbonyl (C=O) groups is 2. The number of amides is 2. The molecule has 0 saturated carbocycles. The first-order valence-electron chi connectivity index (χ1n) is 7.92. The largest absolute Gasteiger partial charge is 0.490 e. The molecular formula is C18H17BrN4O5. The molecule has 0 aromatic heterocycles. The summed E-state index contributed by atoms with van der Waals surface area (Å²) in [6, 6.07) is 11.1. The molecule has 28 heavy (non-hydrogen) atoms. The molecule has 9 nitrogen and oxygen atoms in total. The smallest absolute Gasteiger partial charge is 0.311 e. The van der Waals surface area contributed by atoms with Gasteiger partial charge in [0.15, 0.2) is 5.75 Å². The Labute approximate surface area is 169 Å². The number of halogens is 1. The van der Waals surface area contributed by atoms with Crippen LogP contribution in [0.25, 0.3) is 5.70 Å². The number of nitrogens with one attached hydrogen (secondary N) is 3. The van der Waals surface area contributed by atoms with Gasteiger partial charge in [-0.1, -0.05) is 18.7 Å². The molecule has 10 heteroatoms. The van der Waals surface area contributed by atoms with Crippen molar-refractivity contribution in [3.05, 3.63) is 74.8 Å². The second-order valence-electron chi connectivity index (χ2n) is 5.46. The predicted octanol–water partition coefficient (Wildman–Crippen LogP) is 2.39. The van der Waals surface area contributed by atoms with Crippen LogP contribution in [0.2, 0.25) is 0 Å². The zero-order chi connectivity index (χ0) is 20.7. The van der Waals surface area contributed by atoms with Gasteiger partial charge in [-0.05, 0) is 40.2 Å². The minimum Gasteiger partial charge on any atom is -0.490 e. The van der Waals surface area contributed by atoms with E-state index in [1.54, 1.807) is 30.3 Å². The first-order valence-corrected chi connectivity index (χ1v) is 8.72. The normalized spacial score (nSPS) is 9.93. The predicted molar refractivity (Wildman–Crippen MR) is 106 cm³/mol. The van der Waals surface area contributed by atoms with Crippen LogP contribution in [0.4, 0.5) is 5.69 Å². The summed E-state index contributed by atoms with van der Waals surface area (Å²) in [4.78, 5) is 34.5. The van der Waals surface area contributed by atoms with Crippen molar-refractivity contribution in [1.29, 1.82) is 0 Å².